The Labute approximate surface area is 183 Å². The van der Waals surface area contributed by atoms with Gasteiger partial charge in [-0.05, 0) is 61.7 Å². The first-order valence-electron chi connectivity index (χ1n) is 10.4. The fourth-order valence-corrected chi connectivity index (χ4v) is 3.78. The first-order valence-corrected chi connectivity index (χ1v) is 10.4. The summed E-state index contributed by atoms with van der Waals surface area (Å²) in [5.41, 5.74) is 1.75. The molecular formula is C23H22F3N5O. The van der Waals surface area contributed by atoms with Gasteiger partial charge in [0.2, 0.25) is 5.82 Å². The van der Waals surface area contributed by atoms with Crippen LogP contribution < -0.4 is 4.74 Å². The second-order valence-corrected chi connectivity index (χ2v) is 7.76. The summed E-state index contributed by atoms with van der Waals surface area (Å²) < 4.78 is 47.2. The smallest absolute Gasteiger partial charge is 0.320 e. The fraction of sp³-hybridized carbons (Fsp3) is 0.348. The molecule has 4 rings (SSSR count). The van der Waals surface area contributed by atoms with Gasteiger partial charge in [-0.1, -0.05) is 24.3 Å². The van der Waals surface area contributed by atoms with Crippen molar-refractivity contribution < 1.29 is 17.9 Å². The number of nitriles is 1. The van der Waals surface area contributed by atoms with E-state index in [1.165, 1.54) is 18.2 Å². The van der Waals surface area contributed by atoms with E-state index in [9.17, 15) is 13.2 Å². The van der Waals surface area contributed by atoms with E-state index in [2.05, 4.69) is 21.1 Å². The zero-order chi connectivity index (χ0) is 22.5. The number of hydrogen-bond acceptors (Lipinski definition) is 5. The van der Waals surface area contributed by atoms with Gasteiger partial charge in [0.1, 0.15) is 11.5 Å². The van der Waals surface area contributed by atoms with E-state index in [1.54, 1.807) is 12.1 Å². The van der Waals surface area contributed by atoms with Gasteiger partial charge in [-0.25, -0.2) is 13.2 Å². The van der Waals surface area contributed by atoms with E-state index in [0.717, 1.165) is 42.7 Å². The minimum absolute atomic E-state index is 0.0105. The Balaban J connectivity index is 1.36. The Morgan fingerprint density at radius 1 is 1.12 bits per heavy atom. The summed E-state index contributed by atoms with van der Waals surface area (Å²) in [4.78, 5) is 6.08. The zero-order valence-corrected chi connectivity index (χ0v) is 17.3. The lowest BCUT2D eigenvalue weighted by Gasteiger charge is -2.31. The Morgan fingerprint density at radius 3 is 2.62 bits per heavy atom. The molecule has 166 valence electrons. The van der Waals surface area contributed by atoms with Crippen LogP contribution >= 0.6 is 0 Å². The van der Waals surface area contributed by atoms with Crippen molar-refractivity contribution in [3.05, 3.63) is 71.3 Å². The van der Waals surface area contributed by atoms with Gasteiger partial charge < -0.3 is 4.74 Å². The number of hydrogen-bond donors (Lipinski definition) is 0. The van der Waals surface area contributed by atoms with Gasteiger partial charge in [-0.2, -0.15) is 14.9 Å². The number of benzene rings is 2. The van der Waals surface area contributed by atoms with Crippen LogP contribution in [0, 0.1) is 23.1 Å². The van der Waals surface area contributed by atoms with Crippen molar-refractivity contribution in [2.24, 2.45) is 5.92 Å². The number of aromatic nitrogens is 3. The van der Waals surface area contributed by atoms with Gasteiger partial charge in [0.25, 0.3) is 6.43 Å². The molecule has 2 heterocycles. The van der Waals surface area contributed by atoms with Crippen molar-refractivity contribution in [3.8, 4) is 17.8 Å². The topological polar surface area (TPSA) is 67.0 Å². The van der Waals surface area contributed by atoms with Crippen LogP contribution in [0.5, 0.6) is 6.01 Å². The molecule has 3 aromatic rings. The van der Waals surface area contributed by atoms with Crippen LogP contribution in [0.1, 0.15) is 36.2 Å². The minimum Gasteiger partial charge on any atom is -0.463 e. The van der Waals surface area contributed by atoms with Crippen molar-refractivity contribution >= 4 is 0 Å². The molecule has 9 heteroatoms. The molecule has 0 radical (unpaired) electrons. The molecule has 1 aromatic heterocycles. The maximum atomic E-state index is 14.2. The first kappa shape index (κ1) is 21.8. The maximum absolute atomic E-state index is 14.2. The zero-order valence-electron chi connectivity index (χ0n) is 17.3. The number of rotatable bonds is 7. The number of alkyl halides is 2. The lowest BCUT2D eigenvalue weighted by Crippen LogP contribution is -2.35. The number of para-hydroxylation sites is 1. The quantitative estimate of drug-likeness (QED) is 0.540. The maximum Gasteiger partial charge on any atom is 0.320 e. The lowest BCUT2D eigenvalue weighted by atomic mass is 9.97. The van der Waals surface area contributed by atoms with Gasteiger partial charge in [0.15, 0.2) is 0 Å². The summed E-state index contributed by atoms with van der Waals surface area (Å²) in [5.74, 6) is -1.08. The molecule has 32 heavy (non-hydrogen) atoms. The molecule has 0 unspecified atom stereocenters. The molecule has 0 aliphatic carbocycles. The van der Waals surface area contributed by atoms with E-state index >= 15 is 0 Å². The second-order valence-electron chi connectivity index (χ2n) is 7.76. The fourth-order valence-electron chi connectivity index (χ4n) is 3.78. The van der Waals surface area contributed by atoms with Crippen molar-refractivity contribution in [3.63, 3.8) is 0 Å². The molecule has 1 aliphatic heterocycles. The highest BCUT2D eigenvalue weighted by Crippen LogP contribution is 2.25. The lowest BCUT2D eigenvalue weighted by molar-refractivity contribution is 0.129. The summed E-state index contributed by atoms with van der Waals surface area (Å²) in [5, 5.41) is 12.8. The third-order valence-electron chi connectivity index (χ3n) is 5.49. The van der Waals surface area contributed by atoms with Gasteiger partial charge in [0, 0.05) is 6.54 Å². The molecule has 0 saturated carbocycles. The first-order chi connectivity index (χ1) is 15.5. The standard InChI is InChI=1S/C23H22F3N5O/c24-19-6-1-2-7-20(19)31-23(28-22(29-31)21(25)26)32-15-16-8-10-30(11-9-16)14-18-5-3-4-17(12-18)13-27/h1-7,12,16,21H,8-11,14-15H2. The van der Waals surface area contributed by atoms with Gasteiger partial charge in [-0.3, -0.25) is 4.90 Å². The highest BCUT2D eigenvalue weighted by atomic mass is 19.3. The summed E-state index contributed by atoms with van der Waals surface area (Å²) >= 11 is 0. The van der Waals surface area contributed by atoms with Crippen LogP contribution in [-0.2, 0) is 6.54 Å². The van der Waals surface area contributed by atoms with E-state index in [1.807, 2.05) is 18.2 Å². The van der Waals surface area contributed by atoms with Crippen LogP contribution in [-0.4, -0.2) is 39.4 Å². The van der Waals surface area contributed by atoms with E-state index in [-0.39, 0.29) is 24.2 Å². The molecule has 2 aromatic carbocycles. The normalized spacial score (nSPS) is 15.1. The molecule has 0 bridgehead atoms. The Bertz CT molecular complexity index is 1100. The molecule has 0 amide bonds. The summed E-state index contributed by atoms with van der Waals surface area (Å²) in [6, 6.07) is 15.3. The van der Waals surface area contributed by atoms with E-state index in [4.69, 9.17) is 10.00 Å². The van der Waals surface area contributed by atoms with Gasteiger partial charge in [-0.15, -0.1) is 5.10 Å². The highest BCUT2D eigenvalue weighted by molar-refractivity contribution is 5.35. The van der Waals surface area contributed by atoms with Crippen LogP contribution in [0.15, 0.2) is 48.5 Å². The number of piperidine rings is 1. The summed E-state index contributed by atoms with van der Waals surface area (Å²) in [7, 11) is 0. The largest absolute Gasteiger partial charge is 0.463 e. The predicted molar refractivity (Wildman–Crippen MR) is 111 cm³/mol. The Hall–Kier alpha value is -3.38. The second kappa shape index (κ2) is 9.83. The third-order valence-corrected chi connectivity index (χ3v) is 5.49. The predicted octanol–water partition coefficient (Wildman–Crippen LogP) is 4.51. The van der Waals surface area contributed by atoms with Crippen LogP contribution in [0.2, 0.25) is 0 Å². The van der Waals surface area contributed by atoms with Crippen molar-refractivity contribution in [1.29, 1.82) is 5.26 Å². The van der Waals surface area contributed by atoms with E-state index < -0.39 is 18.1 Å². The van der Waals surface area contributed by atoms with Crippen molar-refractivity contribution in [2.75, 3.05) is 19.7 Å². The average molecular weight is 441 g/mol. The van der Waals surface area contributed by atoms with E-state index in [0.29, 0.717) is 5.56 Å². The Kier molecular flexibility index (Phi) is 6.71. The molecule has 0 atom stereocenters. The molecule has 0 spiro atoms. The molecule has 1 aliphatic rings. The SMILES string of the molecule is N#Cc1cccc(CN2CCC(COc3nc(C(F)F)nn3-c3ccccc3F)CC2)c1. The molecular weight excluding hydrogens is 419 g/mol. The Morgan fingerprint density at radius 2 is 1.91 bits per heavy atom. The molecule has 1 saturated heterocycles. The molecule has 6 nitrogen and oxygen atoms in total. The molecule has 1 fully saturated rings. The summed E-state index contributed by atoms with van der Waals surface area (Å²) in [6.07, 6.45) is -1.14. The molecule has 0 N–H and O–H groups in total. The number of nitrogens with zero attached hydrogens (tertiary/aromatic N) is 5. The average Bonchev–Trinajstić information content (AvgIpc) is 3.23. The monoisotopic (exact) mass is 441 g/mol. The van der Waals surface area contributed by atoms with Crippen LogP contribution in [0.25, 0.3) is 5.69 Å². The highest BCUT2D eigenvalue weighted by Gasteiger charge is 2.24. The van der Waals surface area contributed by atoms with Crippen LogP contribution in [0.3, 0.4) is 0 Å². The number of likely N-dealkylation sites (tertiary alicyclic amines) is 1. The number of ether oxygens (including phenoxy) is 1. The minimum atomic E-state index is -2.88. The van der Waals surface area contributed by atoms with Crippen molar-refractivity contribution in [1.82, 2.24) is 19.7 Å². The van der Waals surface area contributed by atoms with Crippen LogP contribution in [0.4, 0.5) is 13.2 Å². The number of halogens is 3. The van der Waals surface area contributed by atoms with Crippen molar-refractivity contribution in [2.45, 2.75) is 25.8 Å². The summed E-state index contributed by atoms with van der Waals surface area (Å²) in [6.45, 7) is 2.76. The third kappa shape index (κ3) is 5.08. The van der Waals surface area contributed by atoms with Gasteiger partial charge >= 0.3 is 6.01 Å². The van der Waals surface area contributed by atoms with Gasteiger partial charge in [0.05, 0.1) is 18.2 Å².